The predicted molar refractivity (Wildman–Crippen MR) is 69.7 cm³/mol. The van der Waals surface area contributed by atoms with Crippen LogP contribution >= 0.6 is 0 Å². The molecule has 4 nitrogen and oxygen atoms in total. The smallest absolute Gasteiger partial charge is 0.0949 e. The van der Waals surface area contributed by atoms with Gasteiger partial charge in [0.05, 0.1) is 18.6 Å². The van der Waals surface area contributed by atoms with Gasteiger partial charge < -0.3 is 15.0 Å². The molecule has 98 valence electrons. The molecule has 0 aliphatic rings. The normalized spacial score (nSPS) is 13.2. The van der Waals surface area contributed by atoms with Gasteiger partial charge in [0.15, 0.2) is 0 Å². The molecule has 2 N–H and O–H groups in total. The van der Waals surface area contributed by atoms with Gasteiger partial charge in [0.2, 0.25) is 0 Å². The Kier molecular flexibility index (Phi) is 6.22. The van der Waals surface area contributed by atoms with Gasteiger partial charge in [-0.25, -0.2) is 4.98 Å². The number of ether oxygens (including phenoxy) is 1. The van der Waals surface area contributed by atoms with Crippen LogP contribution in [-0.4, -0.2) is 22.8 Å². The van der Waals surface area contributed by atoms with Crippen LogP contribution in [0.25, 0.3) is 0 Å². The summed E-state index contributed by atoms with van der Waals surface area (Å²) in [7, 11) is 0. The lowest BCUT2D eigenvalue weighted by atomic mass is 10.1. The Morgan fingerprint density at radius 1 is 1.41 bits per heavy atom. The summed E-state index contributed by atoms with van der Waals surface area (Å²) in [5, 5.41) is 0. The molecule has 0 aliphatic carbocycles. The lowest BCUT2D eigenvalue weighted by molar-refractivity contribution is 0.115. The van der Waals surface area contributed by atoms with E-state index in [1.807, 2.05) is 12.5 Å². The van der Waals surface area contributed by atoms with E-state index in [0.717, 1.165) is 38.3 Å². The van der Waals surface area contributed by atoms with Crippen LogP contribution in [0.4, 0.5) is 0 Å². The first kappa shape index (κ1) is 14.2. The van der Waals surface area contributed by atoms with Gasteiger partial charge in [0, 0.05) is 25.4 Å². The molecule has 1 aromatic rings. The first-order valence-electron chi connectivity index (χ1n) is 6.48. The number of nitrogens with zero attached hydrogens (tertiary/aromatic N) is 2. The Bertz CT molecular complexity index is 309. The summed E-state index contributed by atoms with van der Waals surface area (Å²) in [6, 6.07) is 0.0770. The van der Waals surface area contributed by atoms with E-state index in [1.165, 1.54) is 0 Å². The number of nitrogens with two attached hydrogens (primary N) is 1. The summed E-state index contributed by atoms with van der Waals surface area (Å²) in [5.74, 6) is 0.701. The molecular formula is C13H25N3O. The maximum atomic E-state index is 6.01. The van der Waals surface area contributed by atoms with E-state index >= 15 is 0 Å². The van der Waals surface area contributed by atoms with Crippen molar-refractivity contribution in [3.05, 3.63) is 18.2 Å². The van der Waals surface area contributed by atoms with Crippen molar-refractivity contribution in [1.29, 1.82) is 0 Å². The summed E-state index contributed by atoms with van der Waals surface area (Å²) < 4.78 is 7.68. The molecule has 0 amide bonds. The summed E-state index contributed by atoms with van der Waals surface area (Å²) in [4.78, 5) is 4.15. The molecule has 0 bridgehead atoms. The lowest BCUT2D eigenvalue weighted by Gasteiger charge is -2.13. The van der Waals surface area contributed by atoms with Crippen molar-refractivity contribution in [2.45, 2.75) is 46.2 Å². The number of hydrogen-bond acceptors (Lipinski definition) is 3. The minimum atomic E-state index is 0.0770. The molecule has 17 heavy (non-hydrogen) atoms. The SMILES string of the molecule is CC[C@@H](N)c1cncn1CCOCCC(C)C. The predicted octanol–water partition coefficient (Wildman–Crippen LogP) is 2.36. The van der Waals surface area contributed by atoms with Crippen molar-refractivity contribution < 1.29 is 4.74 Å². The largest absolute Gasteiger partial charge is 0.380 e. The van der Waals surface area contributed by atoms with Crippen LogP contribution in [0.5, 0.6) is 0 Å². The van der Waals surface area contributed by atoms with Crippen molar-refractivity contribution in [2.75, 3.05) is 13.2 Å². The van der Waals surface area contributed by atoms with E-state index in [2.05, 4.69) is 30.3 Å². The van der Waals surface area contributed by atoms with E-state index in [4.69, 9.17) is 10.5 Å². The van der Waals surface area contributed by atoms with Crippen LogP contribution in [0, 0.1) is 5.92 Å². The Balaban J connectivity index is 2.29. The molecule has 0 spiro atoms. The molecule has 0 saturated heterocycles. The fraction of sp³-hybridized carbons (Fsp3) is 0.769. The second-order valence-corrected chi connectivity index (χ2v) is 4.82. The highest BCUT2D eigenvalue weighted by Gasteiger charge is 2.08. The number of hydrogen-bond donors (Lipinski definition) is 1. The van der Waals surface area contributed by atoms with Gasteiger partial charge in [0.25, 0.3) is 0 Å². The highest BCUT2D eigenvalue weighted by Crippen LogP contribution is 2.12. The second-order valence-electron chi connectivity index (χ2n) is 4.82. The minimum absolute atomic E-state index is 0.0770. The maximum Gasteiger partial charge on any atom is 0.0949 e. The Morgan fingerprint density at radius 2 is 2.18 bits per heavy atom. The molecule has 0 radical (unpaired) electrons. The van der Waals surface area contributed by atoms with Crippen LogP contribution in [-0.2, 0) is 11.3 Å². The van der Waals surface area contributed by atoms with E-state index in [9.17, 15) is 0 Å². The zero-order chi connectivity index (χ0) is 12.7. The Labute approximate surface area is 104 Å². The number of aromatic nitrogens is 2. The molecule has 4 heteroatoms. The average Bonchev–Trinajstić information content (AvgIpc) is 2.75. The van der Waals surface area contributed by atoms with Crippen LogP contribution < -0.4 is 5.73 Å². The first-order chi connectivity index (χ1) is 8.15. The maximum absolute atomic E-state index is 6.01. The molecule has 1 rings (SSSR count). The third kappa shape index (κ3) is 4.88. The third-order valence-electron chi connectivity index (χ3n) is 2.88. The Morgan fingerprint density at radius 3 is 2.82 bits per heavy atom. The summed E-state index contributed by atoms with van der Waals surface area (Å²) in [6.07, 6.45) is 5.73. The fourth-order valence-electron chi connectivity index (χ4n) is 1.62. The third-order valence-corrected chi connectivity index (χ3v) is 2.88. The van der Waals surface area contributed by atoms with Crippen molar-refractivity contribution in [3.8, 4) is 0 Å². The number of imidazole rings is 1. The van der Waals surface area contributed by atoms with Crippen LogP contribution in [0.3, 0.4) is 0 Å². The molecule has 0 aromatic carbocycles. The zero-order valence-electron chi connectivity index (χ0n) is 11.2. The quantitative estimate of drug-likeness (QED) is 0.708. The molecule has 1 heterocycles. The minimum Gasteiger partial charge on any atom is -0.380 e. The van der Waals surface area contributed by atoms with E-state index in [0.29, 0.717) is 5.92 Å². The molecule has 1 aromatic heterocycles. The second kappa shape index (κ2) is 7.45. The van der Waals surface area contributed by atoms with Crippen molar-refractivity contribution in [1.82, 2.24) is 9.55 Å². The van der Waals surface area contributed by atoms with Crippen LogP contribution in [0.2, 0.25) is 0 Å². The van der Waals surface area contributed by atoms with Gasteiger partial charge in [-0.3, -0.25) is 0 Å². The van der Waals surface area contributed by atoms with Gasteiger partial charge in [-0.05, 0) is 18.8 Å². The summed E-state index contributed by atoms with van der Waals surface area (Å²) >= 11 is 0. The fourth-order valence-corrected chi connectivity index (χ4v) is 1.62. The van der Waals surface area contributed by atoms with Crippen LogP contribution in [0.15, 0.2) is 12.5 Å². The van der Waals surface area contributed by atoms with E-state index in [1.54, 1.807) is 0 Å². The van der Waals surface area contributed by atoms with Gasteiger partial charge in [-0.1, -0.05) is 20.8 Å². The first-order valence-corrected chi connectivity index (χ1v) is 6.48. The van der Waals surface area contributed by atoms with Gasteiger partial charge in [0.1, 0.15) is 0 Å². The summed E-state index contributed by atoms with van der Waals surface area (Å²) in [5.41, 5.74) is 7.11. The standard InChI is InChI=1S/C13H25N3O/c1-4-12(14)13-9-15-10-16(13)6-8-17-7-5-11(2)3/h9-12H,4-8,14H2,1-3H3/t12-/m1/s1. The topological polar surface area (TPSA) is 53.1 Å². The van der Waals surface area contributed by atoms with Crippen molar-refractivity contribution in [2.24, 2.45) is 11.7 Å². The lowest BCUT2D eigenvalue weighted by Crippen LogP contribution is -2.16. The van der Waals surface area contributed by atoms with E-state index < -0.39 is 0 Å². The molecule has 0 aliphatic heterocycles. The zero-order valence-corrected chi connectivity index (χ0v) is 11.2. The van der Waals surface area contributed by atoms with Gasteiger partial charge in [-0.2, -0.15) is 0 Å². The molecule has 0 unspecified atom stereocenters. The highest BCUT2D eigenvalue weighted by atomic mass is 16.5. The van der Waals surface area contributed by atoms with Crippen LogP contribution in [0.1, 0.15) is 45.3 Å². The van der Waals surface area contributed by atoms with Crippen molar-refractivity contribution in [3.63, 3.8) is 0 Å². The highest BCUT2D eigenvalue weighted by molar-refractivity contribution is 5.04. The molecule has 1 atom stereocenters. The van der Waals surface area contributed by atoms with E-state index in [-0.39, 0.29) is 6.04 Å². The van der Waals surface area contributed by atoms with Gasteiger partial charge in [-0.15, -0.1) is 0 Å². The van der Waals surface area contributed by atoms with Gasteiger partial charge >= 0.3 is 0 Å². The summed E-state index contributed by atoms with van der Waals surface area (Å²) in [6.45, 7) is 8.89. The van der Waals surface area contributed by atoms with Crippen molar-refractivity contribution >= 4 is 0 Å². The monoisotopic (exact) mass is 239 g/mol. The average molecular weight is 239 g/mol. The Hall–Kier alpha value is -0.870. The number of rotatable bonds is 8. The molecule has 0 saturated carbocycles. The molecule has 0 fully saturated rings. The molecular weight excluding hydrogens is 214 g/mol.